The molecule has 1 heterocycles. The number of aromatic nitrogens is 1. The molecule has 0 radical (unpaired) electrons. The van der Waals surface area contributed by atoms with Gasteiger partial charge in [-0.3, -0.25) is 0 Å². The van der Waals surface area contributed by atoms with E-state index < -0.39 is 5.97 Å². The second kappa shape index (κ2) is 5.82. The van der Waals surface area contributed by atoms with E-state index in [4.69, 9.17) is 11.2 Å². The topological polar surface area (TPSA) is 59.4 Å². The van der Waals surface area contributed by atoms with Gasteiger partial charge in [0.15, 0.2) is 0 Å². The number of methoxy groups -OCH3 is 1. The molecular formula is C19H13NO3. The molecule has 3 aromatic rings. The molecular weight excluding hydrogens is 290 g/mol. The van der Waals surface area contributed by atoms with Crippen molar-refractivity contribution in [1.29, 1.82) is 0 Å². The van der Waals surface area contributed by atoms with E-state index in [-0.39, 0.29) is 5.56 Å². The molecule has 0 bridgehead atoms. The summed E-state index contributed by atoms with van der Waals surface area (Å²) in [6.07, 6.45) is 5.39. The summed E-state index contributed by atoms with van der Waals surface area (Å²) < 4.78 is 5.13. The Morgan fingerprint density at radius 2 is 1.91 bits per heavy atom. The number of rotatable bonds is 3. The fourth-order valence-corrected chi connectivity index (χ4v) is 2.40. The number of terminal acetylenes is 1. The Labute approximate surface area is 133 Å². The first kappa shape index (κ1) is 14.6. The largest absolute Gasteiger partial charge is 0.497 e. The van der Waals surface area contributed by atoms with Crippen LogP contribution in [0.15, 0.2) is 48.5 Å². The van der Waals surface area contributed by atoms with Gasteiger partial charge in [0.05, 0.1) is 23.9 Å². The molecule has 0 atom stereocenters. The summed E-state index contributed by atoms with van der Waals surface area (Å²) in [7, 11) is 1.59. The van der Waals surface area contributed by atoms with Gasteiger partial charge in [0.25, 0.3) is 0 Å². The highest BCUT2D eigenvalue weighted by Gasteiger charge is 2.13. The van der Waals surface area contributed by atoms with Crippen LogP contribution in [0.25, 0.3) is 22.2 Å². The molecule has 4 nitrogen and oxygen atoms in total. The van der Waals surface area contributed by atoms with E-state index in [9.17, 15) is 9.90 Å². The Hall–Kier alpha value is -3.32. The highest BCUT2D eigenvalue weighted by atomic mass is 16.5. The summed E-state index contributed by atoms with van der Waals surface area (Å²) in [6, 6.07) is 14.0. The highest BCUT2D eigenvalue weighted by molar-refractivity contribution is 6.04. The average Bonchev–Trinajstić information content (AvgIpc) is 2.60. The van der Waals surface area contributed by atoms with Crippen molar-refractivity contribution in [3.8, 4) is 29.4 Å². The van der Waals surface area contributed by atoms with E-state index in [0.29, 0.717) is 22.2 Å². The van der Waals surface area contributed by atoms with E-state index in [1.54, 1.807) is 31.4 Å². The van der Waals surface area contributed by atoms with Gasteiger partial charge in [-0.25, -0.2) is 9.78 Å². The number of aromatic carboxylic acids is 1. The molecule has 0 spiro atoms. The second-order valence-corrected chi connectivity index (χ2v) is 4.96. The number of carboxylic acid groups (broad SMARTS) is 1. The lowest BCUT2D eigenvalue weighted by molar-refractivity contribution is 0.0699. The molecule has 23 heavy (non-hydrogen) atoms. The summed E-state index contributed by atoms with van der Waals surface area (Å²) in [5.41, 5.74) is 2.80. The van der Waals surface area contributed by atoms with Crippen molar-refractivity contribution < 1.29 is 14.6 Å². The second-order valence-electron chi connectivity index (χ2n) is 4.96. The number of benzene rings is 2. The predicted octanol–water partition coefficient (Wildman–Crippen LogP) is 3.59. The van der Waals surface area contributed by atoms with Crippen molar-refractivity contribution in [2.24, 2.45) is 0 Å². The molecule has 1 N–H and O–H groups in total. The molecule has 1 aromatic heterocycles. The van der Waals surface area contributed by atoms with Gasteiger partial charge in [-0.2, -0.15) is 0 Å². The minimum Gasteiger partial charge on any atom is -0.497 e. The van der Waals surface area contributed by atoms with Crippen LogP contribution < -0.4 is 4.74 Å². The van der Waals surface area contributed by atoms with Crippen LogP contribution in [-0.4, -0.2) is 23.2 Å². The predicted molar refractivity (Wildman–Crippen MR) is 88.6 cm³/mol. The zero-order chi connectivity index (χ0) is 16.4. The van der Waals surface area contributed by atoms with Crippen LogP contribution in [0.1, 0.15) is 15.9 Å². The van der Waals surface area contributed by atoms with Crippen LogP contribution in [0, 0.1) is 12.3 Å². The van der Waals surface area contributed by atoms with Gasteiger partial charge in [-0.05, 0) is 48.5 Å². The van der Waals surface area contributed by atoms with E-state index in [0.717, 1.165) is 11.3 Å². The minimum absolute atomic E-state index is 0.179. The Balaban J connectivity index is 2.22. The van der Waals surface area contributed by atoms with E-state index >= 15 is 0 Å². The Morgan fingerprint density at radius 3 is 2.52 bits per heavy atom. The van der Waals surface area contributed by atoms with Gasteiger partial charge < -0.3 is 9.84 Å². The number of hydrogen-bond donors (Lipinski definition) is 1. The summed E-state index contributed by atoms with van der Waals surface area (Å²) in [5, 5.41) is 10.0. The number of nitrogens with zero attached hydrogens (tertiary/aromatic N) is 1. The van der Waals surface area contributed by atoms with Crippen LogP contribution in [0.5, 0.6) is 5.75 Å². The first-order chi connectivity index (χ1) is 11.1. The molecule has 112 valence electrons. The average molecular weight is 303 g/mol. The van der Waals surface area contributed by atoms with E-state index in [2.05, 4.69) is 10.9 Å². The lowest BCUT2D eigenvalue weighted by Crippen LogP contribution is -2.00. The fraction of sp³-hybridized carbons (Fsp3) is 0.0526. The Morgan fingerprint density at radius 1 is 1.17 bits per heavy atom. The first-order valence-electron chi connectivity index (χ1n) is 6.91. The van der Waals surface area contributed by atoms with Gasteiger partial charge in [0, 0.05) is 16.5 Å². The van der Waals surface area contributed by atoms with Gasteiger partial charge in [-0.1, -0.05) is 5.92 Å². The van der Waals surface area contributed by atoms with E-state index in [1.807, 2.05) is 24.3 Å². The molecule has 4 heteroatoms. The fourth-order valence-electron chi connectivity index (χ4n) is 2.40. The number of ether oxygens (including phenoxy) is 1. The number of carbonyl (C=O) groups is 1. The van der Waals surface area contributed by atoms with Crippen molar-refractivity contribution >= 4 is 16.9 Å². The van der Waals surface area contributed by atoms with Crippen LogP contribution in [0.4, 0.5) is 0 Å². The third kappa shape index (κ3) is 2.72. The Bertz CT molecular complexity index is 937. The molecule has 3 rings (SSSR count). The van der Waals surface area contributed by atoms with Crippen LogP contribution >= 0.6 is 0 Å². The maximum Gasteiger partial charge on any atom is 0.336 e. The molecule has 0 aliphatic rings. The van der Waals surface area contributed by atoms with Gasteiger partial charge in [0.1, 0.15) is 5.75 Å². The molecule has 0 fully saturated rings. The molecule has 0 amide bonds. The standard InChI is InChI=1S/C19H13NO3/c1-3-12-4-9-17-15(10-12)16(19(21)22)11-18(20-17)13-5-7-14(23-2)8-6-13/h1,4-11H,2H3,(H,21,22). The van der Waals surface area contributed by atoms with Crippen molar-refractivity contribution in [3.63, 3.8) is 0 Å². The van der Waals surface area contributed by atoms with Crippen molar-refractivity contribution in [1.82, 2.24) is 4.98 Å². The van der Waals surface area contributed by atoms with Crippen LogP contribution in [0.2, 0.25) is 0 Å². The first-order valence-corrected chi connectivity index (χ1v) is 6.91. The molecule has 0 aliphatic heterocycles. The molecule has 0 saturated heterocycles. The van der Waals surface area contributed by atoms with Crippen LogP contribution in [0.3, 0.4) is 0 Å². The normalized spacial score (nSPS) is 10.3. The Kier molecular flexibility index (Phi) is 3.70. The molecule has 0 saturated carbocycles. The monoisotopic (exact) mass is 303 g/mol. The SMILES string of the molecule is C#Cc1ccc2nc(-c3ccc(OC)cc3)cc(C(=O)O)c2c1. The minimum atomic E-state index is -1.01. The number of hydrogen-bond acceptors (Lipinski definition) is 3. The maximum absolute atomic E-state index is 11.6. The number of carboxylic acids is 1. The quantitative estimate of drug-likeness (QED) is 0.751. The number of pyridine rings is 1. The third-order valence-corrected chi connectivity index (χ3v) is 3.59. The van der Waals surface area contributed by atoms with Crippen LogP contribution in [-0.2, 0) is 0 Å². The van der Waals surface area contributed by atoms with E-state index in [1.165, 1.54) is 0 Å². The van der Waals surface area contributed by atoms with Gasteiger partial charge in [0.2, 0.25) is 0 Å². The summed E-state index contributed by atoms with van der Waals surface area (Å²) in [4.78, 5) is 16.1. The van der Waals surface area contributed by atoms with Gasteiger partial charge >= 0.3 is 5.97 Å². The third-order valence-electron chi connectivity index (χ3n) is 3.59. The molecule has 0 aliphatic carbocycles. The number of fused-ring (bicyclic) bond motifs is 1. The summed E-state index contributed by atoms with van der Waals surface area (Å²) >= 11 is 0. The lowest BCUT2D eigenvalue weighted by Gasteiger charge is -2.08. The van der Waals surface area contributed by atoms with Crippen molar-refractivity contribution in [2.75, 3.05) is 7.11 Å². The zero-order valence-electron chi connectivity index (χ0n) is 12.4. The molecule has 0 unspecified atom stereocenters. The maximum atomic E-state index is 11.6. The zero-order valence-corrected chi connectivity index (χ0v) is 12.4. The summed E-state index contributed by atoms with van der Waals surface area (Å²) in [6.45, 7) is 0. The lowest BCUT2D eigenvalue weighted by atomic mass is 10.0. The van der Waals surface area contributed by atoms with Crippen molar-refractivity contribution in [2.45, 2.75) is 0 Å². The van der Waals surface area contributed by atoms with Gasteiger partial charge in [-0.15, -0.1) is 6.42 Å². The van der Waals surface area contributed by atoms with Crippen molar-refractivity contribution in [3.05, 3.63) is 59.7 Å². The molecule has 2 aromatic carbocycles. The summed E-state index contributed by atoms with van der Waals surface area (Å²) in [5.74, 6) is 2.23. The smallest absolute Gasteiger partial charge is 0.336 e. The highest BCUT2D eigenvalue weighted by Crippen LogP contribution is 2.27.